The lowest BCUT2D eigenvalue weighted by molar-refractivity contribution is 0.171. The molecule has 7 nitrogen and oxygen atoms in total. The Balaban J connectivity index is 1.57. The van der Waals surface area contributed by atoms with Crippen LogP contribution in [0.15, 0.2) is 48.8 Å². The van der Waals surface area contributed by atoms with Gasteiger partial charge in [-0.3, -0.25) is 0 Å². The molecule has 1 aliphatic heterocycles. The molecule has 0 fully saturated rings. The summed E-state index contributed by atoms with van der Waals surface area (Å²) in [6.07, 6.45) is 1.47. The number of benzene rings is 2. The molecular formula is C19H19N5O2. The van der Waals surface area contributed by atoms with Gasteiger partial charge in [0.2, 0.25) is 0 Å². The SMILES string of the molecule is Cc1cccc(Nc2ncnc(Nc3ccc4c(c3)OCCO4)c2N)c1. The van der Waals surface area contributed by atoms with Crippen molar-refractivity contribution in [3.8, 4) is 11.5 Å². The van der Waals surface area contributed by atoms with Crippen LogP contribution in [0.4, 0.5) is 28.7 Å². The van der Waals surface area contributed by atoms with Crippen LogP contribution in [0.1, 0.15) is 5.56 Å². The Bertz CT molecular complexity index is 945. The molecule has 4 N–H and O–H groups in total. The van der Waals surface area contributed by atoms with E-state index in [4.69, 9.17) is 15.2 Å². The van der Waals surface area contributed by atoms with E-state index in [0.717, 1.165) is 22.7 Å². The van der Waals surface area contributed by atoms with Crippen molar-refractivity contribution >= 4 is 28.7 Å². The van der Waals surface area contributed by atoms with Crippen molar-refractivity contribution in [3.05, 3.63) is 54.4 Å². The van der Waals surface area contributed by atoms with Crippen LogP contribution in [-0.4, -0.2) is 23.2 Å². The molecule has 3 aromatic rings. The van der Waals surface area contributed by atoms with Crippen LogP contribution < -0.4 is 25.8 Å². The first-order chi connectivity index (χ1) is 12.7. The summed E-state index contributed by atoms with van der Waals surface area (Å²) in [5.41, 5.74) is 9.56. The second-order valence-corrected chi connectivity index (χ2v) is 5.96. The summed E-state index contributed by atoms with van der Waals surface area (Å²) < 4.78 is 11.1. The Labute approximate surface area is 151 Å². The highest BCUT2D eigenvalue weighted by molar-refractivity contribution is 5.80. The second-order valence-electron chi connectivity index (χ2n) is 5.96. The number of aryl methyl sites for hydroxylation is 1. The average molecular weight is 349 g/mol. The normalized spacial score (nSPS) is 12.5. The van der Waals surface area contributed by atoms with Gasteiger partial charge in [0.15, 0.2) is 23.1 Å². The second kappa shape index (κ2) is 6.79. The van der Waals surface area contributed by atoms with Crippen LogP contribution in [-0.2, 0) is 0 Å². The van der Waals surface area contributed by atoms with Crippen molar-refractivity contribution in [2.75, 3.05) is 29.6 Å². The maximum Gasteiger partial charge on any atom is 0.163 e. The van der Waals surface area contributed by atoms with Crippen molar-refractivity contribution in [1.29, 1.82) is 0 Å². The van der Waals surface area contributed by atoms with Crippen molar-refractivity contribution in [2.45, 2.75) is 6.92 Å². The molecule has 0 saturated heterocycles. The lowest BCUT2D eigenvalue weighted by Crippen LogP contribution is -2.15. The minimum Gasteiger partial charge on any atom is -0.486 e. The van der Waals surface area contributed by atoms with E-state index in [1.807, 2.05) is 49.4 Å². The van der Waals surface area contributed by atoms with Gasteiger partial charge in [0, 0.05) is 17.4 Å². The van der Waals surface area contributed by atoms with Gasteiger partial charge in [-0.2, -0.15) is 0 Å². The largest absolute Gasteiger partial charge is 0.486 e. The van der Waals surface area contributed by atoms with Gasteiger partial charge in [-0.25, -0.2) is 9.97 Å². The molecule has 1 aromatic heterocycles. The van der Waals surface area contributed by atoms with E-state index in [-0.39, 0.29) is 0 Å². The molecule has 0 saturated carbocycles. The number of nitrogens with one attached hydrogen (secondary N) is 2. The smallest absolute Gasteiger partial charge is 0.163 e. The molecule has 2 aromatic carbocycles. The number of hydrogen-bond acceptors (Lipinski definition) is 7. The first kappa shape index (κ1) is 16.0. The molecule has 0 radical (unpaired) electrons. The molecule has 0 amide bonds. The van der Waals surface area contributed by atoms with Gasteiger partial charge in [0.25, 0.3) is 0 Å². The Hall–Kier alpha value is -3.48. The lowest BCUT2D eigenvalue weighted by atomic mass is 10.2. The van der Waals surface area contributed by atoms with Crippen molar-refractivity contribution in [3.63, 3.8) is 0 Å². The van der Waals surface area contributed by atoms with E-state index in [0.29, 0.717) is 36.3 Å². The zero-order valence-corrected chi connectivity index (χ0v) is 14.3. The molecule has 1 aliphatic rings. The summed E-state index contributed by atoms with van der Waals surface area (Å²) in [7, 11) is 0. The number of hydrogen-bond donors (Lipinski definition) is 3. The molecule has 0 atom stereocenters. The number of fused-ring (bicyclic) bond motifs is 1. The van der Waals surface area contributed by atoms with Gasteiger partial charge >= 0.3 is 0 Å². The number of ether oxygens (including phenoxy) is 2. The minimum atomic E-state index is 0.434. The minimum absolute atomic E-state index is 0.434. The van der Waals surface area contributed by atoms with E-state index in [1.165, 1.54) is 6.33 Å². The summed E-state index contributed by atoms with van der Waals surface area (Å²) in [4.78, 5) is 8.49. The molecule has 0 spiro atoms. The summed E-state index contributed by atoms with van der Waals surface area (Å²) in [6, 6.07) is 13.6. The maximum absolute atomic E-state index is 6.25. The predicted molar refractivity (Wildman–Crippen MR) is 102 cm³/mol. The van der Waals surface area contributed by atoms with Gasteiger partial charge in [-0.1, -0.05) is 12.1 Å². The summed E-state index contributed by atoms with van der Waals surface area (Å²) in [5.74, 6) is 2.50. The molecule has 0 aliphatic carbocycles. The fourth-order valence-electron chi connectivity index (χ4n) is 2.71. The van der Waals surface area contributed by atoms with Gasteiger partial charge < -0.3 is 25.8 Å². The third kappa shape index (κ3) is 3.32. The van der Waals surface area contributed by atoms with Crippen LogP contribution in [0.2, 0.25) is 0 Å². The highest BCUT2D eigenvalue weighted by atomic mass is 16.6. The molecule has 4 rings (SSSR count). The van der Waals surface area contributed by atoms with Gasteiger partial charge in [-0.15, -0.1) is 0 Å². The first-order valence-corrected chi connectivity index (χ1v) is 8.30. The molecular weight excluding hydrogens is 330 g/mol. The van der Waals surface area contributed by atoms with E-state index >= 15 is 0 Å². The van der Waals surface area contributed by atoms with E-state index in [9.17, 15) is 0 Å². The van der Waals surface area contributed by atoms with Crippen LogP contribution in [0.25, 0.3) is 0 Å². The topological polar surface area (TPSA) is 94.3 Å². The van der Waals surface area contributed by atoms with Crippen LogP contribution >= 0.6 is 0 Å². The summed E-state index contributed by atoms with van der Waals surface area (Å²) in [5, 5.41) is 6.44. The van der Waals surface area contributed by atoms with Crippen LogP contribution in [0.3, 0.4) is 0 Å². The van der Waals surface area contributed by atoms with Crippen molar-refractivity contribution in [2.24, 2.45) is 0 Å². The fraction of sp³-hybridized carbons (Fsp3) is 0.158. The highest BCUT2D eigenvalue weighted by Gasteiger charge is 2.13. The first-order valence-electron chi connectivity index (χ1n) is 8.30. The number of rotatable bonds is 4. The maximum atomic E-state index is 6.25. The van der Waals surface area contributed by atoms with Gasteiger partial charge in [-0.05, 0) is 36.8 Å². The van der Waals surface area contributed by atoms with E-state index in [1.54, 1.807) is 0 Å². The Morgan fingerprint density at radius 1 is 0.885 bits per heavy atom. The molecule has 0 unspecified atom stereocenters. The lowest BCUT2D eigenvalue weighted by Gasteiger charge is -2.19. The monoisotopic (exact) mass is 349 g/mol. The van der Waals surface area contributed by atoms with Crippen LogP contribution in [0.5, 0.6) is 11.5 Å². The van der Waals surface area contributed by atoms with Gasteiger partial charge in [0.1, 0.15) is 25.2 Å². The number of anilines is 5. The molecule has 7 heteroatoms. The van der Waals surface area contributed by atoms with E-state index in [2.05, 4.69) is 20.6 Å². The standard InChI is InChI=1S/C19H19N5O2/c1-12-3-2-4-13(9-12)23-18-17(20)19(22-11-21-18)24-14-5-6-15-16(10-14)26-8-7-25-15/h2-6,9-11H,7-8,20H2,1H3,(H2,21,22,23,24). The third-order valence-electron chi connectivity index (χ3n) is 3.97. The Kier molecular flexibility index (Phi) is 4.18. The molecule has 0 bridgehead atoms. The number of nitrogens with two attached hydrogens (primary N) is 1. The predicted octanol–water partition coefficient (Wildman–Crippen LogP) is 3.63. The quantitative estimate of drug-likeness (QED) is 0.662. The van der Waals surface area contributed by atoms with Crippen molar-refractivity contribution in [1.82, 2.24) is 9.97 Å². The number of aromatic nitrogens is 2. The third-order valence-corrected chi connectivity index (χ3v) is 3.97. The summed E-state index contributed by atoms with van der Waals surface area (Å²) in [6.45, 7) is 3.13. The molecule has 26 heavy (non-hydrogen) atoms. The summed E-state index contributed by atoms with van der Waals surface area (Å²) >= 11 is 0. The van der Waals surface area contributed by atoms with Gasteiger partial charge in [0.05, 0.1) is 0 Å². The van der Waals surface area contributed by atoms with Crippen molar-refractivity contribution < 1.29 is 9.47 Å². The molecule has 2 heterocycles. The van der Waals surface area contributed by atoms with Crippen LogP contribution in [0, 0.1) is 6.92 Å². The Morgan fingerprint density at radius 3 is 2.31 bits per heavy atom. The average Bonchev–Trinajstić information content (AvgIpc) is 2.65. The Morgan fingerprint density at radius 2 is 1.58 bits per heavy atom. The zero-order chi connectivity index (χ0) is 17.9. The fourth-order valence-corrected chi connectivity index (χ4v) is 2.71. The number of nitrogen functional groups attached to an aromatic ring is 1. The number of nitrogens with zero attached hydrogens (tertiary/aromatic N) is 2. The van der Waals surface area contributed by atoms with E-state index < -0.39 is 0 Å². The highest BCUT2D eigenvalue weighted by Crippen LogP contribution is 2.35. The zero-order valence-electron chi connectivity index (χ0n) is 14.3. The molecule has 132 valence electrons.